The summed E-state index contributed by atoms with van der Waals surface area (Å²) < 4.78 is 19.8. The molecule has 3 aliphatic rings. The molecular weight excluding hydrogens is 332 g/mol. The molecule has 0 aromatic heterocycles. The van der Waals surface area contributed by atoms with Gasteiger partial charge in [0.15, 0.2) is 0 Å². The number of benzene rings is 1. The van der Waals surface area contributed by atoms with Crippen molar-refractivity contribution < 1.29 is 38.1 Å². The molecule has 1 fully saturated rings. The topological polar surface area (TPSA) is 105 Å². The average molecular weight is 342 g/mol. The first-order valence-corrected chi connectivity index (χ1v) is 7.34. The van der Waals surface area contributed by atoms with Gasteiger partial charge in [-0.05, 0) is 30.4 Å². The third kappa shape index (κ3) is 2.57. The van der Waals surface area contributed by atoms with Crippen LogP contribution in [-0.2, 0) is 23.8 Å². The molecule has 8 heteroatoms. The largest absolute Gasteiger partial charge is 0.458 e. The Hall–Kier alpha value is -3.42. The Morgan fingerprint density at radius 3 is 2.48 bits per heavy atom. The maximum absolute atomic E-state index is 11.5. The molecule has 25 heavy (non-hydrogen) atoms. The molecule has 126 valence electrons. The number of hydrogen-bond donors (Lipinski definition) is 0. The van der Waals surface area contributed by atoms with E-state index in [2.05, 4.69) is 9.47 Å². The monoisotopic (exact) mass is 342 g/mol. The standard InChI is InChI=1S/C17H10O8/c18-14-10-3-1-8(5-12(10)16(20)24-14)22-7-23-9-2-4-11-13(6-9)17(21)25-15(11)19/h1-6,10,12H,7H2. The van der Waals surface area contributed by atoms with Crippen molar-refractivity contribution in [3.8, 4) is 5.75 Å². The normalized spacial score (nSPS) is 23.6. The van der Waals surface area contributed by atoms with E-state index in [1.54, 1.807) is 12.2 Å². The number of hydrogen-bond acceptors (Lipinski definition) is 8. The maximum Gasteiger partial charge on any atom is 0.347 e. The fourth-order valence-electron chi connectivity index (χ4n) is 2.75. The third-order valence-electron chi connectivity index (χ3n) is 4.01. The van der Waals surface area contributed by atoms with Crippen molar-refractivity contribution in [2.24, 2.45) is 11.8 Å². The number of rotatable bonds is 4. The molecule has 2 heterocycles. The number of allylic oxidation sites excluding steroid dienone is 1. The third-order valence-corrected chi connectivity index (χ3v) is 4.01. The highest BCUT2D eigenvalue weighted by atomic mass is 16.7. The van der Waals surface area contributed by atoms with Crippen LogP contribution in [0.1, 0.15) is 20.7 Å². The first-order chi connectivity index (χ1) is 12.0. The Balaban J connectivity index is 1.39. The second kappa shape index (κ2) is 5.59. The van der Waals surface area contributed by atoms with Crippen molar-refractivity contribution in [1.29, 1.82) is 0 Å². The van der Waals surface area contributed by atoms with Gasteiger partial charge in [0.05, 0.1) is 23.0 Å². The summed E-state index contributed by atoms with van der Waals surface area (Å²) in [6.45, 7) is -0.196. The van der Waals surface area contributed by atoms with E-state index in [0.29, 0.717) is 11.5 Å². The quantitative estimate of drug-likeness (QED) is 0.455. The summed E-state index contributed by atoms with van der Waals surface area (Å²) in [6, 6.07) is 4.33. The molecule has 1 aliphatic carbocycles. The highest BCUT2D eigenvalue weighted by molar-refractivity contribution is 6.14. The molecule has 1 aromatic rings. The molecule has 2 atom stereocenters. The summed E-state index contributed by atoms with van der Waals surface area (Å²) in [5.41, 5.74) is 0.320. The van der Waals surface area contributed by atoms with Crippen molar-refractivity contribution in [3.63, 3.8) is 0 Å². The fourth-order valence-corrected chi connectivity index (χ4v) is 2.75. The number of ether oxygens (including phenoxy) is 4. The molecule has 0 radical (unpaired) electrons. The zero-order valence-corrected chi connectivity index (χ0v) is 12.6. The van der Waals surface area contributed by atoms with Gasteiger partial charge in [-0.15, -0.1) is 0 Å². The van der Waals surface area contributed by atoms with E-state index in [4.69, 9.17) is 9.47 Å². The van der Waals surface area contributed by atoms with Gasteiger partial charge >= 0.3 is 23.9 Å². The predicted octanol–water partition coefficient (Wildman–Crippen LogP) is 1.12. The van der Waals surface area contributed by atoms with Gasteiger partial charge in [0.1, 0.15) is 11.5 Å². The van der Waals surface area contributed by atoms with Crippen molar-refractivity contribution in [2.45, 2.75) is 0 Å². The molecular formula is C17H10O8. The predicted molar refractivity (Wildman–Crippen MR) is 78.1 cm³/mol. The van der Waals surface area contributed by atoms with Crippen LogP contribution in [0.2, 0.25) is 0 Å². The maximum atomic E-state index is 11.5. The van der Waals surface area contributed by atoms with Crippen LogP contribution in [0.5, 0.6) is 5.75 Å². The summed E-state index contributed by atoms with van der Waals surface area (Å²) in [7, 11) is 0. The molecule has 4 rings (SSSR count). The highest BCUT2D eigenvalue weighted by Crippen LogP contribution is 2.31. The molecule has 0 saturated carbocycles. The van der Waals surface area contributed by atoms with Crippen LogP contribution in [0, 0.1) is 11.8 Å². The SMILES string of the molecule is O=C1OC(=O)c2cc(OCOC3=CC4C(=O)OC(=O)C4C=C3)ccc21. The van der Waals surface area contributed by atoms with E-state index in [-0.39, 0.29) is 17.9 Å². The number of cyclic esters (lactones) is 4. The van der Waals surface area contributed by atoms with Gasteiger partial charge in [-0.25, -0.2) is 9.59 Å². The lowest BCUT2D eigenvalue weighted by atomic mass is 9.90. The summed E-state index contributed by atoms with van der Waals surface area (Å²) in [4.78, 5) is 45.8. The van der Waals surface area contributed by atoms with Crippen LogP contribution in [0.15, 0.2) is 42.2 Å². The minimum Gasteiger partial charge on any atom is -0.458 e. The van der Waals surface area contributed by atoms with Gasteiger partial charge in [0.2, 0.25) is 6.79 Å². The number of esters is 4. The minimum absolute atomic E-state index is 0.134. The van der Waals surface area contributed by atoms with Gasteiger partial charge in [-0.3, -0.25) is 9.59 Å². The van der Waals surface area contributed by atoms with Crippen molar-refractivity contribution in [1.82, 2.24) is 0 Å². The van der Waals surface area contributed by atoms with Crippen molar-refractivity contribution >= 4 is 23.9 Å². The van der Waals surface area contributed by atoms with Crippen molar-refractivity contribution in [3.05, 3.63) is 53.3 Å². The first-order valence-electron chi connectivity index (χ1n) is 7.34. The number of carbonyl (C=O) groups is 4. The minimum atomic E-state index is -0.722. The van der Waals surface area contributed by atoms with E-state index < -0.39 is 35.7 Å². The summed E-state index contributed by atoms with van der Waals surface area (Å²) >= 11 is 0. The van der Waals surface area contributed by atoms with Gasteiger partial charge in [0, 0.05) is 0 Å². The van der Waals surface area contributed by atoms with E-state index >= 15 is 0 Å². The molecule has 0 bridgehead atoms. The van der Waals surface area contributed by atoms with Crippen LogP contribution < -0.4 is 4.74 Å². The molecule has 0 amide bonds. The Bertz CT molecular complexity index is 879. The van der Waals surface area contributed by atoms with E-state index in [9.17, 15) is 19.2 Å². The molecule has 2 aliphatic heterocycles. The van der Waals surface area contributed by atoms with E-state index in [0.717, 1.165) is 0 Å². The highest BCUT2D eigenvalue weighted by Gasteiger charge is 2.43. The average Bonchev–Trinajstić information content (AvgIpc) is 3.04. The molecule has 2 unspecified atom stereocenters. The Morgan fingerprint density at radius 1 is 0.880 bits per heavy atom. The smallest absolute Gasteiger partial charge is 0.347 e. The first kappa shape index (κ1) is 15.1. The second-order valence-corrected chi connectivity index (χ2v) is 5.51. The Morgan fingerprint density at radius 2 is 1.64 bits per heavy atom. The molecule has 0 spiro atoms. The van der Waals surface area contributed by atoms with Crippen LogP contribution in [0.4, 0.5) is 0 Å². The van der Waals surface area contributed by atoms with Crippen LogP contribution >= 0.6 is 0 Å². The fraction of sp³-hybridized carbons (Fsp3) is 0.176. The molecule has 1 saturated heterocycles. The van der Waals surface area contributed by atoms with Gasteiger partial charge < -0.3 is 18.9 Å². The second-order valence-electron chi connectivity index (χ2n) is 5.51. The number of carbonyl (C=O) groups excluding carboxylic acids is 4. The summed E-state index contributed by atoms with van der Waals surface area (Å²) in [5, 5.41) is 0. The van der Waals surface area contributed by atoms with Gasteiger partial charge in [0.25, 0.3) is 0 Å². The van der Waals surface area contributed by atoms with E-state index in [1.807, 2.05) is 0 Å². The van der Waals surface area contributed by atoms with Crippen molar-refractivity contribution in [2.75, 3.05) is 6.79 Å². The zero-order valence-electron chi connectivity index (χ0n) is 12.6. The Labute approximate surface area is 140 Å². The van der Waals surface area contributed by atoms with Gasteiger partial charge in [-0.1, -0.05) is 6.08 Å². The molecule has 1 aromatic carbocycles. The van der Waals surface area contributed by atoms with Crippen LogP contribution in [-0.4, -0.2) is 30.7 Å². The molecule has 8 nitrogen and oxygen atoms in total. The lowest BCUT2D eigenvalue weighted by Crippen LogP contribution is -2.17. The lowest BCUT2D eigenvalue weighted by Gasteiger charge is -2.15. The van der Waals surface area contributed by atoms with Gasteiger partial charge in [-0.2, -0.15) is 0 Å². The summed E-state index contributed by atoms with van der Waals surface area (Å²) in [6.07, 6.45) is 4.60. The summed E-state index contributed by atoms with van der Waals surface area (Å²) in [5.74, 6) is -3.20. The Kier molecular flexibility index (Phi) is 3.38. The van der Waals surface area contributed by atoms with Crippen LogP contribution in [0.25, 0.3) is 0 Å². The lowest BCUT2D eigenvalue weighted by molar-refractivity contribution is -0.153. The van der Waals surface area contributed by atoms with E-state index in [1.165, 1.54) is 24.3 Å². The van der Waals surface area contributed by atoms with Crippen LogP contribution in [0.3, 0.4) is 0 Å². The zero-order chi connectivity index (χ0) is 17.6. The molecule has 0 N–H and O–H groups in total. The number of fused-ring (bicyclic) bond motifs is 2.